The molecule has 0 saturated heterocycles. The molecule has 2 aromatic rings. The van der Waals surface area contributed by atoms with Crippen molar-refractivity contribution in [3.05, 3.63) is 62.6 Å². The van der Waals surface area contributed by atoms with Gasteiger partial charge in [0.25, 0.3) is 0 Å². The molecular formula is C14H11BrFN3O2. The molecule has 0 aliphatic heterocycles. The number of hydrogen-bond donors (Lipinski definition) is 1. The maximum Gasteiger partial charge on any atom is 0.311 e. The first-order valence-electron chi connectivity index (χ1n) is 6.36. The molecule has 0 bridgehead atoms. The Hall–Kier alpha value is -2.02. The van der Waals surface area contributed by atoms with Crippen LogP contribution in [0.25, 0.3) is 0 Å². The van der Waals surface area contributed by atoms with Crippen LogP contribution in [-0.4, -0.2) is 15.9 Å². The summed E-state index contributed by atoms with van der Waals surface area (Å²) in [6, 6.07) is 6.50. The highest BCUT2D eigenvalue weighted by atomic mass is 79.9. The number of hydrogen-bond acceptors (Lipinski definition) is 4. The van der Waals surface area contributed by atoms with E-state index in [1.165, 1.54) is 24.5 Å². The summed E-state index contributed by atoms with van der Waals surface area (Å²) < 4.78 is 13.8. The number of anilines is 1. The molecule has 1 fully saturated rings. The van der Waals surface area contributed by atoms with Crippen LogP contribution in [0.3, 0.4) is 0 Å². The molecule has 7 heteroatoms. The minimum atomic E-state index is -0.473. The lowest BCUT2D eigenvalue weighted by molar-refractivity contribution is -0.384. The van der Waals surface area contributed by atoms with Gasteiger partial charge < -0.3 is 5.32 Å². The summed E-state index contributed by atoms with van der Waals surface area (Å²) in [5.41, 5.74) is 1.24. The second-order valence-corrected chi connectivity index (χ2v) is 5.77. The quantitative estimate of drug-likeness (QED) is 0.670. The molecule has 108 valence electrons. The van der Waals surface area contributed by atoms with Gasteiger partial charge in [-0.15, -0.1) is 0 Å². The third-order valence-electron chi connectivity index (χ3n) is 3.47. The van der Waals surface area contributed by atoms with Crippen molar-refractivity contribution in [2.75, 3.05) is 5.32 Å². The molecule has 0 amide bonds. The predicted molar refractivity (Wildman–Crippen MR) is 79.8 cm³/mol. The first kappa shape index (κ1) is 13.9. The van der Waals surface area contributed by atoms with Crippen molar-refractivity contribution < 1.29 is 9.31 Å². The second kappa shape index (κ2) is 5.40. The highest BCUT2D eigenvalue weighted by molar-refractivity contribution is 9.10. The maximum absolute atomic E-state index is 13.2. The molecule has 0 spiro atoms. The highest BCUT2D eigenvalue weighted by Crippen LogP contribution is 2.45. The van der Waals surface area contributed by atoms with Crippen molar-refractivity contribution in [2.45, 2.75) is 18.4 Å². The van der Waals surface area contributed by atoms with Gasteiger partial charge in [-0.1, -0.05) is 12.1 Å². The van der Waals surface area contributed by atoms with E-state index in [0.717, 1.165) is 12.0 Å². The molecule has 5 nitrogen and oxygen atoms in total. The number of nitrogens with zero attached hydrogens (tertiary/aromatic N) is 2. The molecule has 3 rings (SSSR count). The average molecular weight is 352 g/mol. The average Bonchev–Trinajstić information content (AvgIpc) is 3.20. The smallest absolute Gasteiger partial charge is 0.311 e. The van der Waals surface area contributed by atoms with Crippen molar-refractivity contribution in [1.29, 1.82) is 0 Å². The normalized spacial score (nSPS) is 20.1. The van der Waals surface area contributed by atoms with Crippen LogP contribution in [0.5, 0.6) is 0 Å². The Morgan fingerprint density at radius 1 is 1.43 bits per heavy atom. The van der Waals surface area contributed by atoms with Gasteiger partial charge in [-0.2, -0.15) is 0 Å². The van der Waals surface area contributed by atoms with E-state index in [9.17, 15) is 14.5 Å². The van der Waals surface area contributed by atoms with Gasteiger partial charge in [0.05, 0.1) is 9.40 Å². The van der Waals surface area contributed by atoms with E-state index in [2.05, 4.69) is 26.2 Å². The van der Waals surface area contributed by atoms with Crippen LogP contribution in [0.2, 0.25) is 0 Å². The number of pyridine rings is 1. The van der Waals surface area contributed by atoms with Crippen LogP contribution < -0.4 is 5.32 Å². The molecule has 2 atom stereocenters. The fraction of sp³-hybridized carbons (Fsp3) is 0.214. The fourth-order valence-corrected chi connectivity index (χ4v) is 2.79. The molecule has 0 radical (unpaired) electrons. The van der Waals surface area contributed by atoms with Crippen molar-refractivity contribution in [1.82, 2.24) is 4.98 Å². The zero-order chi connectivity index (χ0) is 15.0. The summed E-state index contributed by atoms with van der Waals surface area (Å²) in [6.45, 7) is 0. The number of nitro groups is 1. The van der Waals surface area contributed by atoms with Gasteiger partial charge >= 0.3 is 5.69 Å². The van der Waals surface area contributed by atoms with Gasteiger partial charge in [0.2, 0.25) is 0 Å². The van der Waals surface area contributed by atoms with Crippen LogP contribution >= 0.6 is 15.9 Å². The van der Waals surface area contributed by atoms with Crippen LogP contribution in [0, 0.1) is 15.9 Å². The monoisotopic (exact) mass is 351 g/mol. The van der Waals surface area contributed by atoms with Crippen molar-refractivity contribution >= 4 is 27.3 Å². The van der Waals surface area contributed by atoms with Crippen molar-refractivity contribution in [2.24, 2.45) is 0 Å². The Kier molecular flexibility index (Phi) is 3.59. The first-order valence-corrected chi connectivity index (χ1v) is 7.15. The predicted octanol–water partition coefficient (Wildman–Crippen LogP) is 3.86. The number of aromatic nitrogens is 1. The lowest BCUT2D eigenvalue weighted by Crippen LogP contribution is -2.07. The molecule has 1 aliphatic rings. The van der Waals surface area contributed by atoms with Crippen LogP contribution in [0.4, 0.5) is 15.8 Å². The maximum atomic E-state index is 13.2. The van der Waals surface area contributed by atoms with Crippen molar-refractivity contribution in [3.8, 4) is 0 Å². The molecule has 1 N–H and O–H groups in total. The first-order chi connectivity index (χ1) is 10.1. The number of benzene rings is 1. The van der Waals surface area contributed by atoms with Gasteiger partial charge in [0.1, 0.15) is 17.7 Å². The third-order valence-corrected chi connectivity index (χ3v) is 4.07. The van der Waals surface area contributed by atoms with E-state index >= 15 is 0 Å². The van der Waals surface area contributed by atoms with Crippen molar-refractivity contribution in [3.63, 3.8) is 0 Å². The molecule has 21 heavy (non-hydrogen) atoms. The molecule has 1 aliphatic carbocycles. The fourth-order valence-electron chi connectivity index (χ4n) is 2.35. The Labute approximate surface area is 128 Å². The van der Waals surface area contributed by atoms with Gasteiger partial charge in [-0.3, -0.25) is 15.1 Å². The van der Waals surface area contributed by atoms with E-state index in [1.54, 1.807) is 6.07 Å². The number of nitrogens with one attached hydrogen (secondary N) is 1. The van der Waals surface area contributed by atoms with Crippen LogP contribution in [-0.2, 0) is 0 Å². The Morgan fingerprint density at radius 3 is 2.95 bits per heavy atom. The summed E-state index contributed by atoms with van der Waals surface area (Å²) in [6.07, 6.45) is 3.54. The summed E-state index contributed by atoms with van der Waals surface area (Å²) in [5.74, 6) is -0.102. The molecule has 1 aromatic carbocycles. The second-order valence-electron chi connectivity index (χ2n) is 4.92. The zero-order valence-electron chi connectivity index (χ0n) is 10.8. The zero-order valence-corrected chi connectivity index (χ0v) is 12.4. The van der Waals surface area contributed by atoms with Crippen LogP contribution in [0.1, 0.15) is 17.9 Å². The van der Waals surface area contributed by atoms with E-state index in [0.29, 0.717) is 10.2 Å². The Balaban J connectivity index is 1.79. The molecular weight excluding hydrogens is 341 g/mol. The summed E-state index contributed by atoms with van der Waals surface area (Å²) in [7, 11) is 0. The van der Waals surface area contributed by atoms with Gasteiger partial charge in [0, 0.05) is 18.2 Å². The standard InChI is InChI=1S/C14H11BrFN3O2/c15-11-6-17-7-13(19(20)21)14(11)18-12-5-10(12)8-2-1-3-9(16)4-8/h1-4,6-7,10,12H,5H2,(H,17,18)/t10-,12+/m0/s1. The van der Waals surface area contributed by atoms with E-state index in [4.69, 9.17) is 0 Å². The molecule has 1 saturated carbocycles. The Bertz CT molecular complexity index is 710. The lowest BCUT2D eigenvalue weighted by atomic mass is 10.1. The molecule has 1 heterocycles. The van der Waals surface area contributed by atoms with E-state index in [1.807, 2.05) is 6.07 Å². The topological polar surface area (TPSA) is 68.1 Å². The summed E-state index contributed by atoms with van der Waals surface area (Å²) >= 11 is 3.27. The Morgan fingerprint density at radius 2 is 2.24 bits per heavy atom. The number of halogens is 2. The summed E-state index contributed by atoms with van der Waals surface area (Å²) in [5, 5.41) is 14.2. The molecule has 1 aromatic heterocycles. The largest absolute Gasteiger partial charge is 0.375 e. The molecule has 0 unspecified atom stereocenters. The van der Waals surface area contributed by atoms with E-state index in [-0.39, 0.29) is 23.5 Å². The van der Waals surface area contributed by atoms with E-state index < -0.39 is 4.92 Å². The minimum absolute atomic E-state index is 0.0594. The minimum Gasteiger partial charge on any atom is -0.375 e. The third kappa shape index (κ3) is 2.87. The SMILES string of the molecule is O=[N+]([O-])c1cncc(Br)c1N[C@@H]1C[C@H]1c1cccc(F)c1. The highest BCUT2D eigenvalue weighted by Gasteiger charge is 2.40. The summed E-state index contributed by atoms with van der Waals surface area (Å²) in [4.78, 5) is 14.4. The lowest BCUT2D eigenvalue weighted by Gasteiger charge is -2.08. The van der Waals surface area contributed by atoms with Gasteiger partial charge in [-0.05, 0) is 40.0 Å². The van der Waals surface area contributed by atoms with Crippen LogP contribution in [0.15, 0.2) is 41.1 Å². The number of rotatable bonds is 4. The van der Waals surface area contributed by atoms with Gasteiger partial charge in [-0.25, -0.2) is 4.39 Å². The van der Waals surface area contributed by atoms with Gasteiger partial charge in [0.15, 0.2) is 0 Å².